The molecule has 1 heterocycles. The number of hydrogen-bond donors (Lipinski definition) is 1. The highest BCUT2D eigenvalue weighted by Gasteiger charge is 2.15. The first-order chi connectivity index (χ1) is 11.4. The second-order valence-corrected chi connectivity index (χ2v) is 7.04. The lowest BCUT2D eigenvalue weighted by molar-refractivity contribution is 0.197. The monoisotopic (exact) mass is 328 g/mol. The minimum atomic E-state index is -0.312. The van der Waals surface area contributed by atoms with Crippen molar-refractivity contribution in [2.24, 2.45) is 5.92 Å². The largest absolute Gasteiger partial charge is 0.503 e. The topological polar surface area (TPSA) is 45.5 Å². The standard InChI is InChI=1S/C20H28N2O2/c1-15(2)11-22-14-20(24)19(23)10-18(22)13-21(16(3)4)12-17-8-6-5-7-9-17/h5-10,14-16,24H,11-13H2,1-4H3. The predicted molar refractivity (Wildman–Crippen MR) is 98.0 cm³/mol. The Morgan fingerprint density at radius 3 is 2.33 bits per heavy atom. The summed E-state index contributed by atoms with van der Waals surface area (Å²) in [6.07, 6.45) is 1.57. The van der Waals surface area contributed by atoms with Crippen LogP contribution in [0.5, 0.6) is 5.75 Å². The Hall–Kier alpha value is -2.07. The highest BCUT2D eigenvalue weighted by Crippen LogP contribution is 2.15. The first kappa shape index (κ1) is 18.3. The zero-order valence-corrected chi connectivity index (χ0v) is 15.1. The quantitative estimate of drug-likeness (QED) is 0.844. The number of rotatable bonds is 7. The molecular weight excluding hydrogens is 300 g/mol. The van der Waals surface area contributed by atoms with Crippen molar-refractivity contribution in [3.05, 3.63) is 64.1 Å². The SMILES string of the molecule is CC(C)Cn1cc(O)c(=O)cc1CN(Cc1ccccc1)C(C)C. The third-order valence-corrected chi connectivity index (χ3v) is 4.08. The first-order valence-corrected chi connectivity index (χ1v) is 8.57. The Labute approximate surface area is 144 Å². The molecule has 0 radical (unpaired) electrons. The van der Waals surface area contributed by atoms with E-state index in [1.54, 1.807) is 12.3 Å². The summed E-state index contributed by atoms with van der Waals surface area (Å²) >= 11 is 0. The van der Waals surface area contributed by atoms with E-state index in [1.807, 2.05) is 22.8 Å². The van der Waals surface area contributed by atoms with Crippen LogP contribution in [0.15, 0.2) is 47.4 Å². The van der Waals surface area contributed by atoms with Gasteiger partial charge in [-0.05, 0) is 25.3 Å². The molecular formula is C20H28N2O2. The molecule has 1 N–H and O–H groups in total. The first-order valence-electron chi connectivity index (χ1n) is 8.57. The number of pyridine rings is 1. The van der Waals surface area contributed by atoms with Crippen molar-refractivity contribution in [2.75, 3.05) is 0 Å². The van der Waals surface area contributed by atoms with Crippen molar-refractivity contribution in [1.82, 2.24) is 9.47 Å². The predicted octanol–water partition coefficient (Wildman–Crippen LogP) is 3.62. The zero-order chi connectivity index (χ0) is 17.7. The summed E-state index contributed by atoms with van der Waals surface area (Å²) in [5.74, 6) is 0.255. The van der Waals surface area contributed by atoms with Crippen molar-refractivity contribution in [3.8, 4) is 5.75 Å². The van der Waals surface area contributed by atoms with Crippen LogP contribution in [0.25, 0.3) is 0 Å². The average Bonchev–Trinajstić information content (AvgIpc) is 2.51. The van der Waals surface area contributed by atoms with E-state index in [1.165, 1.54) is 5.56 Å². The van der Waals surface area contributed by atoms with E-state index < -0.39 is 0 Å². The second-order valence-electron chi connectivity index (χ2n) is 7.04. The lowest BCUT2D eigenvalue weighted by Gasteiger charge is -2.28. The summed E-state index contributed by atoms with van der Waals surface area (Å²) in [6, 6.07) is 12.3. The van der Waals surface area contributed by atoms with Gasteiger partial charge in [-0.2, -0.15) is 0 Å². The van der Waals surface area contributed by atoms with Crippen molar-refractivity contribution in [1.29, 1.82) is 0 Å². The van der Waals surface area contributed by atoms with Crippen LogP contribution in [0.3, 0.4) is 0 Å². The summed E-state index contributed by atoms with van der Waals surface area (Å²) < 4.78 is 2.00. The van der Waals surface area contributed by atoms with Crippen molar-refractivity contribution < 1.29 is 5.11 Å². The molecule has 2 aromatic rings. The molecule has 0 spiro atoms. The lowest BCUT2D eigenvalue weighted by atomic mass is 10.1. The average molecular weight is 328 g/mol. The fourth-order valence-electron chi connectivity index (χ4n) is 2.75. The van der Waals surface area contributed by atoms with Gasteiger partial charge in [0.1, 0.15) is 0 Å². The minimum absolute atomic E-state index is 0.182. The van der Waals surface area contributed by atoms with E-state index in [0.717, 1.165) is 18.8 Å². The van der Waals surface area contributed by atoms with Gasteiger partial charge in [0, 0.05) is 37.4 Å². The van der Waals surface area contributed by atoms with Crippen LogP contribution < -0.4 is 5.43 Å². The van der Waals surface area contributed by atoms with E-state index >= 15 is 0 Å². The van der Waals surface area contributed by atoms with Crippen LogP contribution in [-0.4, -0.2) is 20.6 Å². The van der Waals surface area contributed by atoms with Crippen LogP contribution in [0.1, 0.15) is 39.0 Å². The van der Waals surface area contributed by atoms with Gasteiger partial charge in [-0.1, -0.05) is 44.2 Å². The van der Waals surface area contributed by atoms with Gasteiger partial charge in [-0.3, -0.25) is 9.69 Å². The fraction of sp³-hybridized carbons (Fsp3) is 0.450. The molecule has 4 nitrogen and oxygen atoms in total. The Bertz CT molecular complexity index is 705. The molecule has 0 atom stereocenters. The minimum Gasteiger partial charge on any atom is -0.503 e. The van der Waals surface area contributed by atoms with Gasteiger partial charge in [0.25, 0.3) is 0 Å². The molecule has 1 aromatic carbocycles. The normalized spacial score (nSPS) is 11.6. The van der Waals surface area contributed by atoms with Crippen LogP contribution in [0.4, 0.5) is 0 Å². The molecule has 0 saturated heterocycles. The maximum atomic E-state index is 11.9. The summed E-state index contributed by atoms with van der Waals surface area (Å²) in [5.41, 5.74) is 1.88. The molecule has 2 rings (SSSR count). The smallest absolute Gasteiger partial charge is 0.223 e. The highest BCUT2D eigenvalue weighted by atomic mass is 16.3. The molecule has 24 heavy (non-hydrogen) atoms. The Morgan fingerprint density at radius 1 is 1.08 bits per heavy atom. The van der Waals surface area contributed by atoms with Gasteiger partial charge in [0.2, 0.25) is 5.43 Å². The number of nitrogens with zero attached hydrogens (tertiary/aromatic N) is 2. The van der Waals surface area contributed by atoms with Crippen molar-refractivity contribution in [2.45, 2.75) is 53.4 Å². The van der Waals surface area contributed by atoms with Crippen LogP contribution in [0.2, 0.25) is 0 Å². The molecule has 4 heteroatoms. The molecule has 0 bridgehead atoms. The van der Waals surface area contributed by atoms with Gasteiger partial charge in [-0.15, -0.1) is 0 Å². The Balaban J connectivity index is 2.28. The maximum Gasteiger partial charge on any atom is 0.223 e. The molecule has 0 saturated carbocycles. The fourth-order valence-corrected chi connectivity index (χ4v) is 2.75. The third-order valence-electron chi connectivity index (χ3n) is 4.08. The highest BCUT2D eigenvalue weighted by molar-refractivity contribution is 5.21. The van der Waals surface area contributed by atoms with E-state index in [9.17, 15) is 9.90 Å². The van der Waals surface area contributed by atoms with Crippen LogP contribution >= 0.6 is 0 Å². The molecule has 0 aliphatic rings. The number of benzene rings is 1. The van der Waals surface area contributed by atoms with Crippen molar-refractivity contribution in [3.63, 3.8) is 0 Å². The van der Waals surface area contributed by atoms with Crippen molar-refractivity contribution >= 4 is 0 Å². The molecule has 0 amide bonds. The van der Waals surface area contributed by atoms with E-state index in [2.05, 4.69) is 44.7 Å². The molecule has 0 aliphatic heterocycles. The lowest BCUT2D eigenvalue weighted by Crippen LogP contribution is -2.32. The second kappa shape index (κ2) is 8.15. The van der Waals surface area contributed by atoms with Gasteiger partial charge >= 0.3 is 0 Å². The number of aromatic nitrogens is 1. The molecule has 0 aliphatic carbocycles. The number of aromatic hydroxyl groups is 1. The zero-order valence-electron chi connectivity index (χ0n) is 15.1. The summed E-state index contributed by atoms with van der Waals surface area (Å²) in [4.78, 5) is 14.2. The van der Waals surface area contributed by atoms with Gasteiger partial charge < -0.3 is 9.67 Å². The molecule has 0 fully saturated rings. The number of hydrogen-bond acceptors (Lipinski definition) is 3. The Kier molecular flexibility index (Phi) is 6.21. The summed E-state index contributed by atoms with van der Waals surface area (Å²) in [6.45, 7) is 10.9. The van der Waals surface area contributed by atoms with Crippen LogP contribution in [0, 0.1) is 5.92 Å². The maximum absolute atomic E-state index is 11.9. The van der Waals surface area contributed by atoms with E-state index in [4.69, 9.17) is 0 Å². The van der Waals surface area contributed by atoms with E-state index in [0.29, 0.717) is 18.5 Å². The van der Waals surface area contributed by atoms with Crippen LogP contribution in [-0.2, 0) is 19.6 Å². The Morgan fingerprint density at radius 2 is 1.75 bits per heavy atom. The van der Waals surface area contributed by atoms with Gasteiger partial charge in [-0.25, -0.2) is 0 Å². The molecule has 1 aromatic heterocycles. The third kappa shape index (κ3) is 4.96. The molecule has 0 unspecified atom stereocenters. The van der Waals surface area contributed by atoms with Gasteiger partial charge in [0.15, 0.2) is 5.75 Å². The van der Waals surface area contributed by atoms with E-state index in [-0.39, 0.29) is 11.2 Å². The summed E-state index contributed by atoms with van der Waals surface area (Å²) in [7, 11) is 0. The summed E-state index contributed by atoms with van der Waals surface area (Å²) in [5, 5.41) is 9.77. The van der Waals surface area contributed by atoms with Gasteiger partial charge in [0.05, 0.1) is 6.20 Å². The molecule has 130 valence electrons.